The van der Waals surface area contributed by atoms with Crippen molar-refractivity contribution >= 4 is 5.91 Å². The Kier molecular flexibility index (Phi) is 3.84. The molecule has 3 aliphatic rings. The first-order chi connectivity index (χ1) is 9.83. The van der Waals surface area contributed by atoms with Crippen LogP contribution in [0.2, 0.25) is 0 Å². The molecule has 120 valence electrons. The van der Waals surface area contributed by atoms with Gasteiger partial charge in [0, 0.05) is 6.04 Å². The molecule has 2 bridgehead atoms. The SMILES string of the molecule is CC1CCN(CC(=O)N[C@@H]2C[C@H]3CC[C@]2(C)C3(C)C)CC1. The first-order valence-corrected chi connectivity index (χ1v) is 8.84. The fraction of sp³-hybridized carbons (Fsp3) is 0.944. The van der Waals surface area contributed by atoms with Gasteiger partial charge < -0.3 is 5.32 Å². The number of hydrogen-bond acceptors (Lipinski definition) is 2. The number of amides is 1. The van der Waals surface area contributed by atoms with Crippen LogP contribution in [0, 0.1) is 22.7 Å². The van der Waals surface area contributed by atoms with Crippen molar-refractivity contribution in [1.29, 1.82) is 0 Å². The van der Waals surface area contributed by atoms with E-state index in [2.05, 4.69) is 37.9 Å². The largest absolute Gasteiger partial charge is 0.352 e. The quantitative estimate of drug-likeness (QED) is 0.867. The number of carbonyl (C=O) groups is 1. The summed E-state index contributed by atoms with van der Waals surface area (Å²) in [5.74, 6) is 1.87. The number of carbonyl (C=O) groups excluding carboxylic acids is 1. The standard InChI is InChI=1S/C18H32N2O/c1-13-6-9-20(10-7-13)12-16(21)19-15-11-14-5-8-18(15,4)17(14,2)3/h13-15H,5-12H2,1-4H3,(H,19,21)/t14-,15-,18+/m1/s1. The lowest BCUT2D eigenvalue weighted by molar-refractivity contribution is -0.124. The molecule has 3 atom stereocenters. The minimum absolute atomic E-state index is 0.249. The van der Waals surface area contributed by atoms with E-state index in [1.807, 2.05) is 0 Å². The number of hydrogen-bond donors (Lipinski definition) is 1. The van der Waals surface area contributed by atoms with Gasteiger partial charge in [-0.25, -0.2) is 0 Å². The fourth-order valence-corrected chi connectivity index (χ4v) is 5.09. The Labute approximate surface area is 129 Å². The number of likely N-dealkylation sites (tertiary alicyclic amines) is 1. The molecule has 2 aliphatic carbocycles. The fourth-order valence-electron chi connectivity index (χ4n) is 5.09. The zero-order chi connectivity index (χ0) is 15.3. The van der Waals surface area contributed by atoms with Crippen LogP contribution in [-0.4, -0.2) is 36.5 Å². The zero-order valence-electron chi connectivity index (χ0n) is 14.2. The summed E-state index contributed by atoms with van der Waals surface area (Å²) >= 11 is 0. The lowest BCUT2D eigenvalue weighted by Gasteiger charge is -2.40. The third kappa shape index (κ3) is 2.52. The maximum Gasteiger partial charge on any atom is 0.234 e. The van der Waals surface area contributed by atoms with E-state index < -0.39 is 0 Å². The number of rotatable bonds is 3. The second kappa shape index (κ2) is 5.26. The molecule has 0 aromatic heterocycles. The summed E-state index contributed by atoms with van der Waals surface area (Å²) in [5, 5.41) is 3.38. The van der Waals surface area contributed by atoms with Crippen LogP contribution in [0.15, 0.2) is 0 Å². The molecule has 1 heterocycles. The summed E-state index contributed by atoms with van der Waals surface area (Å²) in [6, 6.07) is 0.391. The van der Waals surface area contributed by atoms with E-state index in [0.717, 1.165) is 24.9 Å². The first-order valence-electron chi connectivity index (χ1n) is 8.84. The normalized spacial score (nSPS) is 39.6. The maximum atomic E-state index is 12.4. The molecule has 3 rings (SSSR count). The van der Waals surface area contributed by atoms with Crippen LogP contribution < -0.4 is 5.32 Å². The van der Waals surface area contributed by atoms with Crippen molar-refractivity contribution < 1.29 is 4.79 Å². The van der Waals surface area contributed by atoms with Crippen LogP contribution in [0.5, 0.6) is 0 Å². The predicted molar refractivity (Wildman–Crippen MR) is 86.0 cm³/mol. The Morgan fingerprint density at radius 3 is 2.38 bits per heavy atom. The van der Waals surface area contributed by atoms with Crippen LogP contribution in [0.25, 0.3) is 0 Å². The summed E-state index contributed by atoms with van der Waals surface area (Å²) in [4.78, 5) is 14.8. The molecule has 3 nitrogen and oxygen atoms in total. The summed E-state index contributed by atoms with van der Waals surface area (Å²) in [7, 11) is 0. The van der Waals surface area contributed by atoms with Crippen LogP contribution in [0.4, 0.5) is 0 Å². The van der Waals surface area contributed by atoms with Crippen molar-refractivity contribution in [1.82, 2.24) is 10.2 Å². The van der Waals surface area contributed by atoms with Crippen molar-refractivity contribution in [3.05, 3.63) is 0 Å². The minimum Gasteiger partial charge on any atom is -0.352 e. The topological polar surface area (TPSA) is 32.3 Å². The van der Waals surface area contributed by atoms with Gasteiger partial charge in [-0.2, -0.15) is 0 Å². The Balaban J connectivity index is 1.54. The Morgan fingerprint density at radius 2 is 1.86 bits per heavy atom. The van der Waals surface area contributed by atoms with E-state index in [9.17, 15) is 4.79 Å². The first kappa shape index (κ1) is 15.3. The van der Waals surface area contributed by atoms with E-state index in [1.165, 1.54) is 32.1 Å². The summed E-state index contributed by atoms with van der Waals surface area (Å²) in [5.41, 5.74) is 0.676. The molecule has 0 unspecified atom stereocenters. The Morgan fingerprint density at radius 1 is 1.19 bits per heavy atom. The molecule has 0 radical (unpaired) electrons. The van der Waals surface area contributed by atoms with Gasteiger partial charge in [-0.05, 0) is 67.9 Å². The number of piperidine rings is 1. The summed E-state index contributed by atoms with van der Waals surface area (Å²) < 4.78 is 0. The van der Waals surface area contributed by atoms with Gasteiger partial charge in [-0.15, -0.1) is 0 Å². The molecule has 1 aliphatic heterocycles. The molecule has 1 saturated heterocycles. The Hall–Kier alpha value is -0.570. The summed E-state index contributed by atoms with van der Waals surface area (Å²) in [6.07, 6.45) is 6.29. The molecule has 2 saturated carbocycles. The van der Waals surface area contributed by atoms with Gasteiger partial charge in [0.15, 0.2) is 0 Å². The van der Waals surface area contributed by atoms with Crippen molar-refractivity contribution in [3.63, 3.8) is 0 Å². The monoisotopic (exact) mass is 292 g/mol. The number of nitrogens with zero attached hydrogens (tertiary/aromatic N) is 1. The summed E-state index contributed by atoms with van der Waals surface area (Å²) in [6.45, 7) is 12.3. The highest BCUT2D eigenvalue weighted by atomic mass is 16.2. The van der Waals surface area contributed by atoms with E-state index in [4.69, 9.17) is 0 Å². The number of fused-ring (bicyclic) bond motifs is 2. The average molecular weight is 292 g/mol. The van der Waals surface area contributed by atoms with Crippen LogP contribution >= 0.6 is 0 Å². The van der Waals surface area contributed by atoms with E-state index in [-0.39, 0.29) is 5.91 Å². The van der Waals surface area contributed by atoms with Gasteiger partial charge in [0.25, 0.3) is 0 Å². The van der Waals surface area contributed by atoms with Crippen LogP contribution in [0.3, 0.4) is 0 Å². The molecule has 21 heavy (non-hydrogen) atoms. The van der Waals surface area contributed by atoms with Gasteiger partial charge in [-0.1, -0.05) is 27.7 Å². The lowest BCUT2D eigenvalue weighted by Crippen LogP contribution is -2.50. The molecular weight excluding hydrogens is 260 g/mol. The molecule has 3 fully saturated rings. The van der Waals surface area contributed by atoms with Gasteiger partial charge in [-0.3, -0.25) is 9.69 Å². The molecule has 3 heteroatoms. The molecule has 0 aromatic rings. The third-order valence-electron chi connectivity index (χ3n) is 7.37. The van der Waals surface area contributed by atoms with Gasteiger partial charge in [0.1, 0.15) is 0 Å². The highest BCUT2D eigenvalue weighted by molar-refractivity contribution is 5.78. The van der Waals surface area contributed by atoms with Crippen molar-refractivity contribution in [2.24, 2.45) is 22.7 Å². The molecule has 0 aromatic carbocycles. The predicted octanol–water partition coefficient (Wildman–Crippen LogP) is 3.05. The highest BCUT2D eigenvalue weighted by Gasteiger charge is 2.61. The molecule has 1 amide bonds. The van der Waals surface area contributed by atoms with Gasteiger partial charge >= 0.3 is 0 Å². The van der Waals surface area contributed by atoms with Gasteiger partial charge in [0.05, 0.1) is 6.54 Å². The van der Waals surface area contributed by atoms with E-state index in [1.54, 1.807) is 0 Å². The second-order valence-corrected chi connectivity index (χ2v) is 8.69. The van der Waals surface area contributed by atoms with Gasteiger partial charge in [0.2, 0.25) is 5.91 Å². The smallest absolute Gasteiger partial charge is 0.234 e. The third-order valence-corrected chi connectivity index (χ3v) is 7.37. The zero-order valence-corrected chi connectivity index (χ0v) is 14.2. The Bertz CT molecular complexity index is 411. The van der Waals surface area contributed by atoms with E-state index >= 15 is 0 Å². The van der Waals surface area contributed by atoms with Crippen LogP contribution in [-0.2, 0) is 4.79 Å². The molecule has 0 spiro atoms. The molecule has 1 N–H and O–H groups in total. The average Bonchev–Trinajstić information content (AvgIpc) is 2.74. The number of nitrogens with one attached hydrogen (secondary N) is 1. The van der Waals surface area contributed by atoms with Crippen molar-refractivity contribution in [2.45, 2.75) is 65.8 Å². The second-order valence-electron chi connectivity index (χ2n) is 8.69. The van der Waals surface area contributed by atoms with Crippen molar-refractivity contribution in [3.8, 4) is 0 Å². The molecular formula is C18H32N2O. The van der Waals surface area contributed by atoms with E-state index in [0.29, 0.717) is 23.4 Å². The maximum absolute atomic E-state index is 12.4. The lowest BCUT2D eigenvalue weighted by atomic mass is 9.69. The highest BCUT2D eigenvalue weighted by Crippen LogP contribution is 2.65. The van der Waals surface area contributed by atoms with Crippen LogP contribution in [0.1, 0.15) is 59.8 Å². The van der Waals surface area contributed by atoms with Crippen molar-refractivity contribution in [2.75, 3.05) is 19.6 Å². The minimum atomic E-state index is 0.249.